The molecule has 33 heavy (non-hydrogen) atoms. The van der Waals surface area contributed by atoms with E-state index in [4.69, 9.17) is 21.7 Å². The fourth-order valence-corrected chi connectivity index (χ4v) is 5.63. The van der Waals surface area contributed by atoms with Crippen molar-refractivity contribution >= 4 is 45.3 Å². The molecule has 3 aromatic rings. The molecular formula is C24H28N4O3S2. The topological polar surface area (TPSA) is 77.4 Å². The maximum Gasteiger partial charge on any atom is 0.341 e. The first-order chi connectivity index (χ1) is 16.1. The second-order valence-corrected chi connectivity index (χ2v) is 9.48. The Bertz CT molecular complexity index is 1140. The number of anilines is 2. The number of benzene rings is 1. The summed E-state index contributed by atoms with van der Waals surface area (Å²) in [5.41, 5.74) is 3.59. The second kappa shape index (κ2) is 10.8. The molecule has 0 spiro atoms. The van der Waals surface area contributed by atoms with E-state index in [1.165, 1.54) is 24.8 Å². The van der Waals surface area contributed by atoms with Crippen LogP contribution in [0.5, 0.6) is 5.75 Å². The van der Waals surface area contributed by atoms with E-state index in [-0.39, 0.29) is 5.97 Å². The van der Waals surface area contributed by atoms with Gasteiger partial charge in [0.25, 0.3) is 0 Å². The number of aryl methyl sites for hydroxylation is 1. The second-order valence-electron chi connectivity index (χ2n) is 7.97. The van der Waals surface area contributed by atoms with Gasteiger partial charge in [0.2, 0.25) is 0 Å². The van der Waals surface area contributed by atoms with Crippen molar-refractivity contribution in [3.8, 4) is 5.75 Å². The van der Waals surface area contributed by atoms with Gasteiger partial charge in [0.15, 0.2) is 5.11 Å². The number of methoxy groups -OCH3 is 2. The maximum absolute atomic E-state index is 12.6. The number of thiophene rings is 1. The maximum atomic E-state index is 12.6. The molecule has 2 heterocycles. The van der Waals surface area contributed by atoms with Crippen LogP contribution in [0.15, 0.2) is 36.7 Å². The number of hydrogen-bond donors (Lipinski definition) is 2. The minimum Gasteiger partial charge on any atom is -0.497 e. The summed E-state index contributed by atoms with van der Waals surface area (Å²) in [6, 6.07) is 7.89. The zero-order valence-electron chi connectivity index (χ0n) is 18.8. The number of esters is 1. The molecule has 0 atom stereocenters. The van der Waals surface area contributed by atoms with Crippen LogP contribution in [0.3, 0.4) is 0 Å². The van der Waals surface area contributed by atoms with Crippen LogP contribution < -0.4 is 15.4 Å². The molecule has 4 rings (SSSR count). The summed E-state index contributed by atoms with van der Waals surface area (Å²) in [5, 5.41) is 12.0. The highest BCUT2D eigenvalue weighted by molar-refractivity contribution is 7.80. The van der Waals surface area contributed by atoms with Gasteiger partial charge in [0, 0.05) is 11.1 Å². The van der Waals surface area contributed by atoms with Crippen molar-refractivity contribution in [2.45, 2.75) is 45.1 Å². The van der Waals surface area contributed by atoms with E-state index in [1.54, 1.807) is 24.6 Å². The van der Waals surface area contributed by atoms with Crippen LogP contribution in [0.2, 0.25) is 0 Å². The highest BCUT2D eigenvalue weighted by Gasteiger charge is 2.25. The van der Waals surface area contributed by atoms with Crippen LogP contribution in [0.25, 0.3) is 0 Å². The number of ether oxygens (including phenoxy) is 2. The molecule has 1 aromatic carbocycles. The molecule has 7 nitrogen and oxygen atoms in total. The smallest absolute Gasteiger partial charge is 0.341 e. The van der Waals surface area contributed by atoms with Crippen molar-refractivity contribution < 1.29 is 14.3 Å². The number of carbonyl (C=O) groups excluding carboxylic acids is 1. The summed E-state index contributed by atoms with van der Waals surface area (Å²) in [4.78, 5) is 13.8. The van der Waals surface area contributed by atoms with Crippen LogP contribution in [-0.2, 0) is 24.1 Å². The van der Waals surface area contributed by atoms with Gasteiger partial charge in [-0.2, -0.15) is 5.10 Å². The van der Waals surface area contributed by atoms with Crippen molar-refractivity contribution in [3.63, 3.8) is 0 Å². The monoisotopic (exact) mass is 484 g/mol. The number of fused-ring (bicyclic) bond motifs is 1. The Morgan fingerprint density at radius 3 is 2.79 bits per heavy atom. The number of nitrogens with zero attached hydrogens (tertiary/aromatic N) is 2. The first-order valence-corrected chi connectivity index (χ1v) is 12.3. The van der Waals surface area contributed by atoms with Crippen molar-refractivity contribution in [1.29, 1.82) is 0 Å². The Kier molecular flexibility index (Phi) is 7.61. The van der Waals surface area contributed by atoms with E-state index in [0.717, 1.165) is 53.2 Å². The van der Waals surface area contributed by atoms with Gasteiger partial charge in [-0.15, -0.1) is 11.3 Å². The van der Waals surface area contributed by atoms with Crippen LogP contribution in [0.4, 0.5) is 10.7 Å². The quantitative estimate of drug-likeness (QED) is 0.365. The highest BCUT2D eigenvalue weighted by atomic mass is 32.1. The molecular weight excluding hydrogens is 456 g/mol. The summed E-state index contributed by atoms with van der Waals surface area (Å²) in [6.07, 6.45) is 10.2. The molecule has 0 unspecified atom stereocenters. The third-order valence-electron chi connectivity index (χ3n) is 5.66. The predicted molar refractivity (Wildman–Crippen MR) is 136 cm³/mol. The van der Waals surface area contributed by atoms with Gasteiger partial charge in [0.1, 0.15) is 10.8 Å². The number of nitrogens with one attached hydrogen (secondary N) is 2. The van der Waals surface area contributed by atoms with Gasteiger partial charge < -0.3 is 20.1 Å². The molecule has 174 valence electrons. The normalized spacial score (nSPS) is 13.4. The molecule has 2 aromatic heterocycles. The lowest BCUT2D eigenvalue weighted by atomic mass is 9.96. The lowest BCUT2D eigenvalue weighted by Gasteiger charge is -2.11. The Labute approximate surface area is 203 Å². The van der Waals surface area contributed by atoms with E-state index < -0.39 is 0 Å². The molecule has 1 aliphatic carbocycles. The zero-order valence-corrected chi connectivity index (χ0v) is 20.5. The van der Waals surface area contributed by atoms with Gasteiger partial charge in [-0.05, 0) is 61.2 Å². The van der Waals surface area contributed by atoms with Crippen LogP contribution >= 0.6 is 23.6 Å². The van der Waals surface area contributed by atoms with E-state index in [9.17, 15) is 4.79 Å². The molecule has 0 aliphatic heterocycles. The van der Waals surface area contributed by atoms with Crippen LogP contribution in [0, 0.1) is 0 Å². The average Bonchev–Trinajstić information content (AvgIpc) is 3.36. The highest BCUT2D eigenvalue weighted by Crippen LogP contribution is 2.37. The van der Waals surface area contributed by atoms with E-state index >= 15 is 0 Å². The Hall–Kier alpha value is -2.91. The molecule has 1 aliphatic rings. The standard InChI is InChI=1S/C24H28N4O3S2/c1-30-18-9-7-8-16(12-18)14-28-15-17(13-25-28)26-24(32)27-22-21(23(29)31-2)19-10-5-3-4-6-11-20(19)33-22/h7-9,12-13,15H,3-6,10-11,14H2,1-2H3,(H2,26,27,32). The van der Waals surface area contributed by atoms with Gasteiger partial charge >= 0.3 is 5.97 Å². The van der Waals surface area contributed by atoms with Crippen molar-refractivity contribution in [2.75, 3.05) is 24.9 Å². The summed E-state index contributed by atoms with van der Waals surface area (Å²) >= 11 is 7.15. The number of carbonyl (C=O) groups is 1. The third-order valence-corrected chi connectivity index (χ3v) is 7.07. The molecule has 0 radical (unpaired) electrons. The Balaban J connectivity index is 1.46. The van der Waals surface area contributed by atoms with Crippen LogP contribution in [0.1, 0.15) is 52.0 Å². The predicted octanol–water partition coefficient (Wildman–Crippen LogP) is 5.26. The number of hydrogen-bond acceptors (Lipinski definition) is 6. The van der Waals surface area contributed by atoms with Gasteiger partial charge in [-0.1, -0.05) is 25.0 Å². The van der Waals surface area contributed by atoms with Crippen LogP contribution in [-0.4, -0.2) is 35.1 Å². The molecule has 0 fully saturated rings. The van der Waals surface area contributed by atoms with Gasteiger partial charge in [0.05, 0.1) is 38.2 Å². The fourth-order valence-electron chi connectivity index (χ4n) is 4.06. The Morgan fingerprint density at radius 2 is 2.00 bits per heavy atom. The van der Waals surface area contributed by atoms with Crippen molar-refractivity contribution in [2.24, 2.45) is 0 Å². The third kappa shape index (κ3) is 5.72. The summed E-state index contributed by atoms with van der Waals surface area (Å²) in [5.74, 6) is 0.499. The lowest BCUT2D eigenvalue weighted by molar-refractivity contribution is 0.0601. The van der Waals surface area contributed by atoms with Crippen molar-refractivity contribution in [3.05, 3.63) is 58.2 Å². The Morgan fingerprint density at radius 1 is 1.18 bits per heavy atom. The molecule has 9 heteroatoms. The van der Waals surface area contributed by atoms with E-state index in [2.05, 4.69) is 15.7 Å². The molecule has 0 bridgehead atoms. The summed E-state index contributed by atoms with van der Waals surface area (Å²) in [6.45, 7) is 0.614. The minimum absolute atomic E-state index is 0.315. The van der Waals surface area contributed by atoms with Crippen molar-refractivity contribution in [1.82, 2.24) is 9.78 Å². The molecule has 0 saturated heterocycles. The molecule has 0 amide bonds. The fraction of sp³-hybridized carbons (Fsp3) is 0.375. The van der Waals surface area contributed by atoms with E-state index in [0.29, 0.717) is 17.2 Å². The number of rotatable bonds is 6. The molecule has 2 N–H and O–H groups in total. The number of thiocarbonyl (C=S) groups is 1. The molecule has 0 saturated carbocycles. The van der Waals surface area contributed by atoms with E-state index in [1.807, 2.05) is 35.1 Å². The largest absolute Gasteiger partial charge is 0.497 e. The average molecular weight is 485 g/mol. The zero-order chi connectivity index (χ0) is 23.2. The first-order valence-electron chi connectivity index (χ1n) is 11.0. The van der Waals surface area contributed by atoms with Gasteiger partial charge in [-0.3, -0.25) is 4.68 Å². The summed E-state index contributed by atoms with van der Waals surface area (Å²) < 4.78 is 12.2. The SMILES string of the molecule is COC(=O)c1c(NC(=S)Nc2cnn(Cc3cccc(OC)c3)c2)sc2c1CCCCCC2. The van der Waals surface area contributed by atoms with Gasteiger partial charge in [-0.25, -0.2) is 4.79 Å². The minimum atomic E-state index is -0.315. The number of aromatic nitrogens is 2. The lowest BCUT2D eigenvalue weighted by Crippen LogP contribution is -2.20. The summed E-state index contributed by atoms with van der Waals surface area (Å²) in [7, 11) is 3.08. The first kappa shape index (κ1) is 23.3.